The van der Waals surface area contributed by atoms with E-state index in [0.717, 1.165) is 34.8 Å². The van der Waals surface area contributed by atoms with Crippen molar-refractivity contribution >= 4 is 29.4 Å². The zero-order valence-electron chi connectivity index (χ0n) is 24.9. The summed E-state index contributed by atoms with van der Waals surface area (Å²) in [5, 5.41) is 49.3. The number of aliphatic carboxylic acids is 1. The van der Waals surface area contributed by atoms with Crippen LogP contribution in [0.4, 0.5) is 0 Å². The van der Waals surface area contributed by atoms with Gasteiger partial charge in [-0.3, -0.25) is 0 Å². The third kappa shape index (κ3) is 6.45. The minimum Gasteiger partial charge on any atom is -0.496 e. The van der Waals surface area contributed by atoms with Crippen LogP contribution in [-0.4, -0.2) is 75.9 Å². The maximum absolute atomic E-state index is 11.3. The fourth-order valence-corrected chi connectivity index (χ4v) is 8.06. The van der Waals surface area contributed by atoms with Gasteiger partial charge in [0, 0.05) is 17.2 Å². The number of carboxylic acids is 1. The van der Waals surface area contributed by atoms with Crippen LogP contribution in [0.1, 0.15) is 48.8 Å². The maximum Gasteiger partial charge on any atom is 0.328 e. The van der Waals surface area contributed by atoms with Crippen LogP contribution in [-0.2, 0) is 20.9 Å². The molecule has 0 amide bonds. The van der Waals surface area contributed by atoms with Gasteiger partial charge in [-0.25, -0.2) is 4.79 Å². The molecule has 7 rings (SSSR count). The number of benzene rings is 2. The molecule has 5 aliphatic rings. The minimum atomic E-state index is -1.55. The number of ether oxygens (including phenoxy) is 4. The Kier molecular flexibility index (Phi) is 9.42. The zero-order valence-corrected chi connectivity index (χ0v) is 25.7. The van der Waals surface area contributed by atoms with Crippen molar-refractivity contribution in [2.24, 2.45) is 23.7 Å². The molecule has 0 aromatic heterocycles. The van der Waals surface area contributed by atoms with Gasteiger partial charge in [0.1, 0.15) is 48.3 Å². The minimum absolute atomic E-state index is 0.102. The van der Waals surface area contributed by atoms with E-state index in [-0.39, 0.29) is 6.61 Å². The SMILES string of the molecule is COC(=C1C2CC3CC(C2)CC1C3)c1ccc(/C=C/C(=O)O)c(OCc2ccc(O[C@@H]3OC(CO)[C@H](O)C(O)C3O)cc2)c1Cl. The number of aliphatic hydroxyl groups is 4. The highest BCUT2D eigenvalue weighted by Gasteiger charge is 2.47. The second-order valence-electron chi connectivity index (χ2n) is 12.6. The monoisotopic (exact) mass is 642 g/mol. The van der Waals surface area contributed by atoms with Crippen molar-refractivity contribution in [3.8, 4) is 11.5 Å². The molecule has 4 bridgehead atoms. The smallest absolute Gasteiger partial charge is 0.328 e. The molecule has 5 N–H and O–H groups in total. The van der Waals surface area contributed by atoms with Gasteiger partial charge in [0.25, 0.3) is 0 Å². The van der Waals surface area contributed by atoms with Crippen molar-refractivity contribution < 1.29 is 49.3 Å². The molecule has 3 unspecified atom stereocenters. The Hall–Kier alpha value is -3.12. The highest BCUT2D eigenvalue weighted by Crippen LogP contribution is 2.58. The molecule has 5 fully saturated rings. The molecule has 4 saturated carbocycles. The lowest BCUT2D eigenvalue weighted by atomic mass is 9.54. The average Bonchev–Trinajstić information content (AvgIpc) is 3.02. The Labute approximate surface area is 266 Å². The number of methoxy groups -OCH3 is 1. The van der Waals surface area contributed by atoms with Crippen LogP contribution in [0.2, 0.25) is 5.02 Å². The van der Waals surface area contributed by atoms with Crippen LogP contribution in [0.25, 0.3) is 11.8 Å². The van der Waals surface area contributed by atoms with Gasteiger partial charge in [-0.05, 0) is 91.2 Å². The predicted octanol–water partition coefficient (Wildman–Crippen LogP) is 4.01. The first kappa shape index (κ1) is 31.8. The molecule has 11 heteroatoms. The van der Waals surface area contributed by atoms with E-state index in [1.165, 1.54) is 43.8 Å². The molecule has 2 aromatic rings. The molecular weight excluding hydrogens is 604 g/mol. The number of aliphatic hydroxyl groups excluding tert-OH is 4. The largest absolute Gasteiger partial charge is 0.496 e. The lowest BCUT2D eigenvalue weighted by Crippen LogP contribution is -2.60. The van der Waals surface area contributed by atoms with E-state index in [4.69, 9.17) is 30.5 Å². The summed E-state index contributed by atoms with van der Waals surface area (Å²) in [5.74, 6) is 2.93. The fourth-order valence-electron chi connectivity index (χ4n) is 7.75. The summed E-state index contributed by atoms with van der Waals surface area (Å²) in [6.45, 7) is -0.454. The van der Waals surface area contributed by atoms with Gasteiger partial charge >= 0.3 is 5.97 Å². The standard InChI is InChI=1S/C34H39ClO10/c1-42-33(27-21-11-18-10-19(13-21)14-22(27)12-18)24-8-4-20(5-9-26(37)38)32(28(24)35)43-16-17-2-6-23(7-3-17)44-34-31(41)30(40)29(39)25(15-36)45-34/h2-9,18-19,21-22,25,29-31,34,36,39-41H,10-16H2,1H3,(H,37,38)/b9-5+,33-27?/t18?,19?,21?,22?,25?,29-,30?,31?,34+/m0/s1. The van der Waals surface area contributed by atoms with Crippen LogP contribution in [0.5, 0.6) is 11.5 Å². The number of hydrogen-bond acceptors (Lipinski definition) is 9. The van der Waals surface area contributed by atoms with E-state index in [0.29, 0.717) is 33.9 Å². The van der Waals surface area contributed by atoms with Gasteiger partial charge in [0.15, 0.2) is 0 Å². The first-order valence-corrected chi connectivity index (χ1v) is 15.7. The summed E-state index contributed by atoms with van der Waals surface area (Å²) < 4.78 is 23.4. The summed E-state index contributed by atoms with van der Waals surface area (Å²) in [6, 6.07) is 10.4. The average molecular weight is 643 g/mol. The third-order valence-electron chi connectivity index (χ3n) is 9.67. The van der Waals surface area contributed by atoms with Crippen molar-refractivity contribution in [1.29, 1.82) is 0 Å². The summed E-state index contributed by atoms with van der Waals surface area (Å²) in [5.41, 5.74) is 3.34. The summed E-state index contributed by atoms with van der Waals surface area (Å²) in [7, 11) is 1.68. The van der Waals surface area contributed by atoms with Gasteiger partial charge in [-0.1, -0.05) is 29.8 Å². The molecule has 0 spiro atoms. The molecule has 5 atom stereocenters. The highest BCUT2D eigenvalue weighted by atomic mass is 35.5. The number of rotatable bonds is 10. The quantitative estimate of drug-likeness (QED) is 0.190. The Bertz CT molecular complexity index is 1420. The second-order valence-corrected chi connectivity index (χ2v) is 12.9. The molecule has 1 aliphatic heterocycles. The van der Waals surface area contributed by atoms with E-state index in [1.807, 2.05) is 6.07 Å². The number of allylic oxidation sites excluding steroid dienone is 1. The second kappa shape index (κ2) is 13.3. The van der Waals surface area contributed by atoms with Gasteiger partial charge in [-0.2, -0.15) is 0 Å². The van der Waals surface area contributed by atoms with Gasteiger partial charge in [-0.15, -0.1) is 0 Å². The maximum atomic E-state index is 11.3. The van der Waals surface area contributed by atoms with Gasteiger partial charge < -0.3 is 44.5 Å². The Morgan fingerprint density at radius 1 is 0.956 bits per heavy atom. The zero-order chi connectivity index (χ0) is 31.8. The van der Waals surface area contributed by atoms with Crippen LogP contribution in [0, 0.1) is 23.7 Å². The Morgan fingerprint density at radius 2 is 1.62 bits per heavy atom. The fraction of sp³-hybridized carbons (Fsp3) is 0.500. The van der Waals surface area contributed by atoms with E-state index in [2.05, 4.69) is 0 Å². The summed E-state index contributed by atoms with van der Waals surface area (Å²) >= 11 is 7.04. The molecule has 45 heavy (non-hydrogen) atoms. The van der Waals surface area contributed by atoms with Crippen LogP contribution >= 0.6 is 11.6 Å². The van der Waals surface area contributed by atoms with Gasteiger partial charge in [0.2, 0.25) is 6.29 Å². The topological polar surface area (TPSA) is 155 Å². The Balaban J connectivity index is 1.22. The van der Waals surface area contributed by atoms with E-state index < -0.39 is 43.3 Å². The predicted molar refractivity (Wildman–Crippen MR) is 164 cm³/mol. The molecule has 0 radical (unpaired) electrons. The number of hydrogen-bond donors (Lipinski definition) is 5. The Morgan fingerprint density at radius 3 is 2.22 bits per heavy atom. The first-order valence-electron chi connectivity index (χ1n) is 15.4. The van der Waals surface area contributed by atoms with Crippen LogP contribution < -0.4 is 9.47 Å². The number of carboxylic acid groups (broad SMARTS) is 1. The number of carbonyl (C=O) groups is 1. The van der Waals surface area contributed by atoms with Crippen molar-refractivity contribution in [3.63, 3.8) is 0 Å². The van der Waals surface area contributed by atoms with Gasteiger partial charge in [0.05, 0.1) is 18.7 Å². The lowest BCUT2D eigenvalue weighted by molar-refractivity contribution is -0.277. The first-order chi connectivity index (χ1) is 21.7. The lowest BCUT2D eigenvalue weighted by Gasteiger charge is -2.51. The van der Waals surface area contributed by atoms with Crippen molar-refractivity contribution in [3.05, 3.63) is 69.8 Å². The van der Waals surface area contributed by atoms with Crippen LogP contribution in [0.3, 0.4) is 0 Å². The molecule has 2 aromatic carbocycles. The highest BCUT2D eigenvalue weighted by molar-refractivity contribution is 6.34. The molecular formula is C34H39ClO10. The molecule has 242 valence electrons. The van der Waals surface area contributed by atoms with E-state index in [1.54, 1.807) is 37.4 Å². The number of halogens is 1. The normalized spacial score (nSPS) is 32.1. The van der Waals surface area contributed by atoms with E-state index >= 15 is 0 Å². The summed E-state index contributed by atoms with van der Waals surface area (Å²) in [4.78, 5) is 11.3. The van der Waals surface area contributed by atoms with Crippen molar-refractivity contribution in [2.75, 3.05) is 13.7 Å². The molecule has 10 nitrogen and oxygen atoms in total. The summed E-state index contributed by atoms with van der Waals surface area (Å²) in [6.07, 6.45) is 1.65. The van der Waals surface area contributed by atoms with Crippen LogP contribution in [0.15, 0.2) is 48.0 Å². The third-order valence-corrected chi connectivity index (χ3v) is 10.0. The molecule has 1 saturated heterocycles. The molecule has 4 aliphatic carbocycles. The van der Waals surface area contributed by atoms with Crippen molar-refractivity contribution in [2.45, 2.75) is 69.4 Å². The van der Waals surface area contributed by atoms with E-state index in [9.17, 15) is 30.3 Å². The molecule has 1 heterocycles. The van der Waals surface area contributed by atoms with Crippen molar-refractivity contribution in [1.82, 2.24) is 0 Å².